The molecule has 18 heavy (non-hydrogen) atoms. The Hall–Kier alpha value is -1.79. The second kappa shape index (κ2) is 4.83. The molecule has 0 radical (unpaired) electrons. The molecule has 1 aromatic heterocycles. The Balaban J connectivity index is 2.53. The lowest BCUT2D eigenvalue weighted by atomic mass is 10.2. The number of carbonyl (C=O) groups is 1. The number of anilines is 1. The van der Waals surface area contributed by atoms with E-state index in [1.54, 1.807) is 12.1 Å². The number of nitrogens with zero attached hydrogens (tertiary/aromatic N) is 2. The number of hydrogen-bond acceptors (Lipinski definition) is 5. The Kier molecular flexibility index (Phi) is 3.40. The number of carbonyl (C=O) groups excluding carboxylic acids is 1. The molecule has 1 heterocycles. The van der Waals surface area contributed by atoms with E-state index in [1.807, 2.05) is 0 Å². The highest BCUT2D eigenvalue weighted by Gasteiger charge is 2.19. The van der Waals surface area contributed by atoms with Gasteiger partial charge in [0.25, 0.3) is 17.6 Å². The first kappa shape index (κ1) is 12.7. The zero-order valence-corrected chi connectivity index (χ0v) is 10.7. The minimum atomic E-state index is -0.471. The van der Waals surface area contributed by atoms with Gasteiger partial charge in [0, 0.05) is 7.05 Å². The molecule has 6 nitrogen and oxygen atoms in total. The highest BCUT2D eigenvalue weighted by Crippen LogP contribution is 2.36. The van der Waals surface area contributed by atoms with Gasteiger partial charge in [-0.1, -0.05) is 28.4 Å². The average Bonchev–Trinajstić information content (AvgIpc) is 2.83. The fraction of sp³-hybridized carbons (Fsp3) is 0.100. The predicted molar refractivity (Wildman–Crippen MR) is 67.6 cm³/mol. The van der Waals surface area contributed by atoms with Crippen LogP contribution in [0.5, 0.6) is 0 Å². The maximum absolute atomic E-state index is 11.3. The lowest BCUT2D eigenvalue weighted by Gasteiger charge is -2.04. The van der Waals surface area contributed by atoms with Crippen molar-refractivity contribution in [1.82, 2.24) is 15.5 Å². The summed E-state index contributed by atoms with van der Waals surface area (Å²) in [5.41, 5.74) is 6.32. The first-order valence-electron chi connectivity index (χ1n) is 4.84. The Morgan fingerprint density at radius 2 is 2.06 bits per heavy atom. The zero-order valence-electron chi connectivity index (χ0n) is 9.20. The van der Waals surface area contributed by atoms with Crippen molar-refractivity contribution in [3.8, 4) is 11.5 Å². The van der Waals surface area contributed by atoms with Crippen molar-refractivity contribution >= 4 is 34.8 Å². The van der Waals surface area contributed by atoms with Gasteiger partial charge in [-0.15, -0.1) is 0 Å². The average molecular weight is 287 g/mol. The van der Waals surface area contributed by atoms with Crippen LogP contribution in [-0.4, -0.2) is 23.1 Å². The highest BCUT2D eigenvalue weighted by atomic mass is 35.5. The first-order chi connectivity index (χ1) is 8.54. The van der Waals surface area contributed by atoms with Crippen molar-refractivity contribution in [2.45, 2.75) is 0 Å². The molecule has 0 aliphatic carbocycles. The van der Waals surface area contributed by atoms with Crippen LogP contribution < -0.4 is 11.1 Å². The third-order valence-corrected chi connectivity index (χ3v) is 2.86. The molecule has 94 valence electrons. The van der Waals surface area contributed by atoms with Crippen molar-refractivity contribution in [1.29, 1.82) is 0 Å². The summed E-state index contributed by atoms with van der Waals surface area (Å²) in [6.07, 6.45) is 0. The number of halogens is 2. The van der Waals surface area contributed by atoms with Crippen LogP contribution in [0.3, 0.4) is 0 Å². The second-order valence-corrected chi connectivity index (χ2v) is 4.13. The van der Waals surface area contributed by atoms with Crippen LogP contribution >= 0.6 is 23.2 Å². The summed E-state index contributed by atoms with van der Waals surface area (Å²) >= 11 is 11.9. The highest BCUT2D eigenvalue weighted by molar-refractivity contribution is 6.37. The number of hydrogen-bond donors (Lipinski definition) is 2. The van der Waals surface area contributed by atoms with Gasteiger partial charge in [-0.3, -0.25) is 4.79 Å². The fourth-order valence-corrected chi connectivity index (χ4v) is 1.72. The molecule has 1 aromatic carbocycles. The van der Waals surface area contributed by atoms with E-state index in [9.17, 15) is 4.79 Å². The molecule has 0 aliphatic heterocycles. The van der Waals surface area contributed by atoms with Crippen LogP contribution in [0.4, 0.5) is 5.69 Å². The normalized spacial score (nSPS) is 10.4. The van der Waals surface area contributed by atoms with E-state index >= 15 is 0 Å². The largest absolute Gasteiger partial charge is 0.397 e. The SMILES string of the molecule is CNC(=O)c1noc(-c2c(Cl)ccc(Cl)c2N)n1. The number of benzene rings is 1. The van der Waals surface area contributed by atoms with Crippen LogP contribution in [0.25, 0.3) is 11.5 Å². The molecule has 0 fully saturated rings. The molecule has 2 aromatic rings. The zero-order chi connectivity index (χ0) is 13.3. The van der Waals surface area contributed by atoms with Crippen molar-refractivity contribution in [3.63, 3.8) is 0 Å². The summed E-state index contributed by atoms with van der Waals surface area (Å²) in [7, 11) is 1.46. The molecule has 2 rings (SSSR count). The van der Waals surface area contributed by atoms with Gasteiger partial charge in [-0.2, -0.15) is 4.98 Å². The third kappa shape index (κ3) is 2.12. The van der Waals surface area contributed by atoms with Gasteiger partial charge in [0.1, 0.15) is 0 Å². The van der Waals surface area contributed by atoms with E-state index in [2.05, 4.69) is 15.5 Å². The molecule has 0 saturated carbocycles. The van der Waals surface area contributed by atoms with E-state index in [1.165, 1.54) is 7.05 Å². The van der Waals surface area contributed by atoms with E-state index < -0.39 is 5.91 Å². The fourth-order valence-electron chi connectivity index (χ4n) is 1.31. The molecule has 0 aliphatic rings. The van der Waals surface area contributed by atoms with Crippen molar-refractivity contribution < 1.29 is 9.32 Å². The van der Waals surface area contributed by atoms with Crippen LogP contribution in [-0.2, 0) is 0 Å². The summed E-state index contributed by atoms with van der Waals surface area (Å²) in [6, 6.07) is 3.11. The topological polar surface area (TPSA) is 94.0 Å². The molecule has 3 N–H and O–H groups in total. The van der Waals surface area contributed by atoms with Crippen LogP contribution in [0.2, 0.25) is 10.0 Å². The standard InChI is InChI=1S/C10H8Cl2N4O2/c1-14-9(17)8-15-10(18-16-8)6-4(11)2-3-5(12)7(6)13/h2-3H,13H2,1H3,(H,14,17). The molecular weight excluding hydrogens is 279 g/mol. The minimum Gasteiger partial charge on any atom is -0.397 e. The van der Waals surface area contributed by atoms with E-state index in [4.69, 9.17) is 33.5 Å². The number of nitrogen functional groups attached to an aromatic ring is 1. The van der Waals surface area contributed by atoms with Gasteiger partial charge in [-0.05, 0) is 12.1 Å². The maximum Gasteiger partial charge on any atom is 0.292 e. The van der Waals surface area contributed by atoms with E-state index in [0.29, 0.717) is 15.6 Å². The summed E-state index contributed by atoms with van der Waals surface area (Å²) in [6.45, 7) is 0. The Morgan fingerprint density at radius 3 is 2.72 bits per heavy atom. The quantitative estimate of drug-likeness (QED) is 0.824. The lowest BCUT2D eigenvalue weighted by molar-refractivity contribution is 0.0950. The Morgan fingerprint density at radius 1 is 1.39 bits per heavy atom. The van der Waals surface area contributed by atoms with Crippen molar-refractivity contribution in [2.75, 3.05) is 12.8 Å². The maximum atomic E-state index is 11.3. The minimum absolute atomic E-state index is 0.0404. The van der Waals surface area contributed by atoms with E-state index in [0.717, 1.165) is 0 Å². The summed E-state index contributed by atoms with van der Waals surface area (Å²) in [4.78, 5) is 15.2. The van der Waals surface area contributed by atoms with Crippen LogP contribution in [0, 0.1) is 0 Å². The Labute approximate surface area is 112 Å². The number of nitrogens with two attached hydrogens (primary N) is 1. The molecule has 1 amide bonds. The van der Waals surface area contributed by atoms with Gasteiger partial charge < -0.3 is 15.6 Å². The summed E-state index contributed by atoms with van der Waals surface area (Å²) in [5.74, 6) is -0.539. The molecule has 0 bridgehead atoms. The molecule has 0 atom stereocenters. The molecule has 0 unspecified atom stereocenters. The molecular formula is C10H8Cl2N4O2. The number of aromatic nitrogens is 2. The summed E-state index contributed by atoms with van der Waals surface area (Å²) in [5, 5.41) is 6.52. The second-order valence-electron chi connectivity index (χ2n) is 3.32. The van der Waals surface area contributed by atoms with Gasteiger partial charge in [0.15, 0.2) is 0 Å². The predicted octanol–water partition coefficient (Wildman–Crippen LogP) is 1.99. The molecule has 0 saturated heterocycles. The lowest BCUT2D eigenvalue weighted by Crippen LogP contribution is -2.19. The number of nitrogens with one attached hydrogen (secondary N) is 1. The van der Waals surface area contributed by atoms with Gasteiger partial charge in [0.2, 0.25) is 0 Å². The van der Waals surface area contributed by atoms with Gasteiger partial charge in [0.05, 0.1) is 21.3 Å². The van der Waals surface area contributed by atoms with E-state index in [-0.39, 0.29) is 17.4 Å². The third-order valence-electron chi connectivity index (χ3n) is 2.21. The number of rotatable bonds is 2. The molecule has 0 spiro atoms. The van der Waals surface area contributed by atoms with Crippen molar-refractivity contribution in [2.24, 2.45) is 0 Å². The Bertz CT molecular complexity index is 612. The smallest absolute Gasteiger partial charge is 0.292 e. The number of amides is 1. The summed E-state index contributed by atoms with van der Waals surface area (Å²) < 4.78 is 4.95. The van der Waals surface area contributed by atoms with Crippen LogP contribution in [0.1, 0.15) is 10.6 Å². The van der Waals surface area contributed by atoms with Crippen LogP contribution in [0.15, 0.2) is 16.7 Å². The van der Waals surface area contributed by atoms with Gasteiger partial charge in [-0.25, -0.2) is 0 Å². The van der Waals surface area contributed by atoms with Crippen molar-refractivity contribution in [3.05, 3.63) is 28.0 Å². The molecule has 8 heteroatoms. The first-order valence-corrected chi connectivity index (χ1v) is 5.59. The monoisotopic (exact) mass is 286 g/mol. The van der Waals surface area contributed by atoms with Gasteiger partial charge >= 0.3 is 0 Å².